The van der Waals surface area contributed by atoms with Gasteiger partial charge in [0.1, 0.15) is 0 Å². The monoisotopic (exact) mass is 476 g/mol. The number of aliphatic hydroxyl groups excluding tert-OH is 1. The Kier molecular flexibility index (Phi) is 10.1. The number of nitrogens with zero attached hydrogens (tertiary/aromatic N) is 2. The van der Waals surface area contributed by atoms with Gasteiger partial charge in [-0.3, -0.25) is 9.69 Å². The molecule has 33 heavy (non-hydrogen) atoms. The summed E-state index contributed by atoms with van der Waals surface area (Å²) in [6.45, 7) is 8.83. The molecule has 1 fully saturated rings. The molecule has 1 amide bonds. The third-order valence-corrected chi connectivity index (χ3v) is 5.14. The minimum absolute atomic E-state index is 0.168. The van der Waals surface area contributed by atoms with Gasteiger partial charge in [0.25, 0.3) is 5.91 Å². The SMILES string of the molecule is COCCN(CC1CN(CC(O)COC(C)(C)C)CCO1)C(=O)c1ccc(C(F)(F)F)cc1. The fourth-order valence-corrected chi connectivity index (χ4v) is 3.46. The van der Waals surface area contributed by atoms with Crippen LogP contribution in [0, 0.1) is 0 Å². The lowest BCUT2D eigenvalue weighted by Crippen LogP contribution is -2.51. The molecule has 2 atom stereocenters. The summed E-state index contributed by atoms with van der Waals surface area (Å²) in [6, 6.07) is 4.18. The van der Waals surface area contributed by atoms with Crippen LogP contribution < -0.4 is 0 Å². The number of hydrogen-bond acceptors (Lipinski definition) is 6. The molecule has 0 spiro atoms. The molecule has 7 nitrogen and oxygen atoms in total. The number of carbonyl (C=O) groups is 1. The van der Waals surface area contributed by atoms with Gasteiger partial charge in [0, 0.05) is 45.4 Å². The largest absolute Gasteiger partial charge is 0.416 e. The van der Waals surface area contributed by atoms with Gasteiger partial charge in [-0.1, -0.05) is 0 Å². The van der Waals surface area contributed by atoms with Crippen LogP contribution >= 0.6 is 0 Å². The number of rotatable bonds is 10. The molecule has 1 heterocycles. The molecule has 1 N–H and O–H groups in total. The van der Waals surface area contributed by atoms with E-state index < -0.39 is 17.8 Å². The summed E-state index contributed by atoms with van der Waals surface area (Å²) < 4.78 is 55.0. The zero-order valence-electron chi connectivity index (χ0n) is 19.7. The maximum Gasteiger partial charge on any atom is 0.416 e. The van der Waals surface area contributed by atoms with Crippen LogP contribution in [0.2, 0.25) is 0 Å². The molecule has 2 unspecified atom stereocenters. The number of morpholine rings is 1. The number of carbonyl (C=O) groups excluding carboxylic acids is 1. The van der Waals surface area contributed by atoms with Crippen molar-refractivity contribution in [1.82, 2.24) is 9.80 Å². The predicted molar refractivity (Wildman–Crippen MR) is 117 cm³/mol. The van der Waals surface area contributed by atoms with E-state index in [0.29, 0.717) is 26.2 Å². The molecular formula is C23H35F3N2O5. The molecule has 0 radical (unpaired) electrons. The average molecular weight is 477 g/mol. The molecule has 0 bridgehead atoms. The lowest BCUT2D eigenvalue weighted by Gasteiger charge is -2.36. The number of hydrogen-bond donors (Lipinski definition) is 1. The number of β-amino-alcohol motifs (C(OH)–C–C–N with tert-alkyl or cyclic N) is 1. The molecule has 1 aliphatic heterocycles. The molecule has 1 saturated heterocycles. The van der Waals surface area contributed by atoms with Gasteiger partial charge in [-0.25, -0.2) is 0 Å². The summed E-state index contributed by atoms with van der Waals surface area (Å²) in [4.78, 5) is 16.6. The third kappa shape index (κ3) is 9.58. The molecule has 1 aromatic rings. The molecule has 2 rings (SSSR count). The third-order valence-electron chi connectivity index (χ3n) is 5.14. The topological polar surface area (TPSA) is 71.5 Å². The fourth-order valence-electron chi connectivity index (χ4n) is 3.46. The van der Waals surface area contributed by atoms with Crippen molar-refractivity contribution in [3.63, 3.8) is 0 Å². The Balaban J connectivity index is 1.98. The second-order valence-electron chi connectivity index (χ2n) is 9.15. The highest BCUT2D eigenvalue weighted by atomic mass is 19.4. The van der Waals surface area contributed by atoms with Gasteiger partial charge in [0.05, 0.1) is 43.2 Å². The molecule has 0 saturated carbocycles. The first-order valence-electron chi connectivity index (χ1n) is 11.0. The highest BCUT2D eigenvalue weighted by Gasteiger charge is 2.31. The van der Waals surface area contributed by atoms with Crippen molar-refractivity contribution in [2.45, 2.75) is 44.8 Å². The smallest absolute Gasteiger partial charge is 0.389 e. The van der Waals surface area contributed by atoms with Crippen LogP contribution in [0.4, 0.5) is 13.2 Å². The first-order valence-corrected chi connectivity index (χ1v) is 11.0. The van der Waals surface area contributed by atoms with Gasteiger partial charge in [0.2, 0.25) is 0 Å². The molecule has 188 valence electrons. The lowest BCUT2D eigenvalue weighted by molar-refractivity contribution is -0.137. The molecule has 1 aromatic carbocycles. The first-order chi connectivity index (χ1) is 15.4. The number of ether oxygens (including phenoxy) is 3. The zero-order chi connectivity index (χ0) is 24.6. The first kappa shape index (κ1) is 27.5. The van der Waals surface area contributed by atoms with E-state index in [0.717, 1.165) is 12.1 Å². The van der Waals surface area contributed by atoms with Crippen molar-refractivity contribution in [3.05, 3.63) is 35.4 Å². The van der Waals surface area contributed by atoms with Gasteiger partial charge in [-0.15, -0.1) is 0 Å². The van der Waals surface area contributed by atoms with Crippen molar-refractivity contribution < 1.29 is 37.3 Å². The Morgan fingerprint density at radius 1 is 1.27 bits per heavy atom. The Hall–Kier alpha value is -1.72. The maximum absolute atomic E-state index is 13.0. The van der Waals surface area contributed by atoms with Crippen molar-refractivity contribution >= 4 is 5.91 Å². The number of alkyl halides is 3. The molecule has 0 aliphatic carbocycles. The Bertz CT molecular complexity index is 737. The van der Waals surface area contributed by atoms with E-state index in [-0.39, 0.29) is 49.5 Å². The van der Waals surface area contributed by atoms with Gasteiger partial charge >= 0.3 is 6.18 Å². The fraction of sp³-hybridized carbons (Fsp3) is 0.696. The van der Waals surface area contributed by atoms with E-state index >= 15 is 0 Å². The number of benzene rings is 1. The molecule has 10 heteroatoms. The van der Waals surface area contributed by atoms with E-state index in [9.17, 15) is 23.1 Å². The molecule has 0 aromatic heterocycles. The van der Waals surface area contributed by atoms with Crippen LogP contribution in [-0.2, 0) is 20.4 Å². The standard InChI is InChI=1S/C23H35F3N2O5/c1-22(2,3)33-16-19(29)13-27-9-12-32-20(14-27)15-28(10-11-31-4)21(30)17-5-7-18(8-6-17)23(24,25)26/h5-8,19-20,29H,9-16H2,1-4H3. The summed E-state index contributed by atoms with van der Waals surface area (Å²) >= 11 is 0. The highest BCUT2D eigenvalue weighted by Crippen LogP contribution is 2.29. The average Bonchev–Trinajstić information content (AvgIpc) is 2.74. The lowest BCUT2D eigenvalue weighted by atomic mass is 10.1. The van der Waals surface area contributed by atoms with Crippen LogP contribution in [0.25, 0.3) is 0 Å². The Morgan fingerprint density at radius 2 is 1.94 bits per heavy atom. The number of halogens is 3. The molecular weight excluding hydrogens is 441 g/mol. The van der Waals surface area contributed by atoms with Crippen LogP contribution in [0.3, 0.4) is 0 Å². The van der Waals surface area contributed by atoms with Crippen molar-refractivity contribution in [2.24, 2.45) is 0 Å². The van der Waals surface area contributed by atoms with Crippen molar-refractivity contribution in [1.29, 1.82) is 0 Å². The maximum atomic E-state index is 13.0. The van der Waals surface area contributed by atoms with Crippen LogP contribution in [0.15, 0.2) is 24.3 Å². The van der Waals surface area contributed by atoms with E-state index in [4.69, 9.17) is 14.2 Å². The Morgan fingerprint density at radius 3 is 2.52 bits per heavy atom. The van der Waals surface area contributed by atoms with Crippen molar-refractivity contribution in [3.8, 4) is 0 Å². The summed E-state index contributed by atoms with van der Waals surface area (Å²) in [7, 11) is 1.51. The van der Waals surface area contributed by atoms with Crippen LogP contribution in [-0.4, -0.2) is 98.3 Å². The summed E-state index contributed by atoms with van der Waals surface area (Å²) in [6.07, 6.45) is -5.41. The van der Waals surface area contributed by atoms with Gasteiger partial charge < -0.3 is 24.2 Å². The van der Waals surface area contributed by atoms with Crippen molar-refractivity contribution in [2.75, 3.05) is 59.7 Å². The van der Waals surface area contributed by atoms with E-state index in [2.05, 4.69) is 4.90 Å². The second kappa shape index (κ2) is 12.1. The summed E-state index contributed by atoms with van der Waals surface area (Å²) in [5, 5.41) is 10.3. The number of amides is 1. The second-order valence-corrected chi connectivity index (χ2v) is 9.15. The quantitative estimate of drug-likeness (QED) is 0.560. The summed E-state index contributed by atoms with van der Waals surface area (Å²) in [5.74, 6) is -0.389. The minimum atomic E-state index is -4.46. The van der Waals surface area contributed by atoms with Gasteiger partial charge in [-0.2, -0.15) is 13.2 Å². The van der Waals surface area contributed by atoms with Crippen LogP contribution in [0.1, 0.15) is 36.7 Å². The predicted octanol–water partition coefficient (Wildman–Crippen LogP) is 2.67. The van der Waals surface area contributed by atoms with E-state index in [1.807, 2.05) is 20.8 Å². The van der Waals surface area contributed by atoms with Crippen LogP contribution in [0.5, 0.6) is 0 Å². The van der Waals surface area contributed by atoms with Gasteiger partial charge in [-0.05, 0) is 45.0 Å². The van der Waals surface area contributed by atoms with E-state index in [1.165, 1.54) is 24.1 Å². The van der Waals surface area contributed by atoms with E-state index in [1.54, 1.807) is 0 Å². The molecule has 1 aliphatic rings. The highest BCUT2D eigenvalue weighted by molar-refractivity contribution is 5.94. The minimum Gasteiger partial charge on any atom is -0.389 e. The normalized spacial score (nSPS) is 18.8. The number of methoxy groups -OCH3 is 1. The Labute approximate surface area is 193 Å². The number of aliphatic hydroxyl groups is 1. The summed E-state index contributed by atoms with van der Waals surface area (Å²) in [5.41, 5.74) is -0.973. The van der Waals surface area contributed by atoms with Gasteiger partial charge in [0.15, 0.2) is 0 Å². The zero-order valence-corrected chi connectivity index (χ0v) is 19.7.